The number of ether oxygens (including phenoxy) is 1. The lowest BCUT2D eigenvalue weighted by Gasteiger charge is -2.44. The number of halogens is 1. The molecule has 3 rings (SSSR count). The molecule has 2 aliphatic heterocycles. The third-order valence-electron chi connectivity index (χ3n) is 5.17. The Morgan fingerprint density at radius 3 is 2.39 bits per heavy atom. The Morgan fingerprint density at radius 2 is 1.74 bits per heavy atom. The summed E-state index contributed by atoms with van der Waals surface area (Å²) in [5.74, 6) is 1.07. The van der Waals surface area contributed by atoms with E-state index in [1.165, 1.54) is 25.7 Å². The van der Waals surface area contributed by atoms with E-state index in [4.69, 9.17) is 4.74 Å². The molecule has 2 heterocycles. The van der Waals surface area contributed by atoms with Crippen molar-refractivity contribution in [3.05, 3.63) is 30.3 Å². The molecule has 1 spiro atoms. The number of carbonyl (C=O) groups excluding carboxylic acids is 1. The predicted octanol–water partition coefficient (Wildman–Crippen LogP) is 2.87. The van der Waals surface area contributed by atoms with Gasteiger partial charge in [-0.05, 0) is 56.3 Å². The summed E-state index contributed by atoms with van der Waals surface area (Å²) in [5, 5.41) is 3.44. The highest BCUT2D eigenvalue weighted by atomic mass is 35.5. The smallest absolute Gasteiger partial charge is 0.225 e. The molecule has 2 aliphatic rings. The first-order valence-electron chi connectivity index (χ1n) is 8.44. The zero-order valence-electron chi connectivity index (χ0n) is 13.6. The van der Waals surface area contributed by atoms with Gasteiger partial charge in [0.05, 0.1) is 13.0 Å². The minimum atomic E-state index is 0. The second-order valence-electron chi connectivity index (χ2n) is 6.54. The van der Waals surface area contributed by atoms with Crippen LogP contribution in [-0.2, 0) is 4.79 Å². The van der Waals surface area contributed by atoms with Crippen molar-refractivity contribution >= 4 is 18.3 Å². The monoisotopic (exact) mass is 338 g/mol. The van der Waals surface area contributed by atoms with Crippen LogP contribution in [-0.4, -0.2) is 43.6 Å². The van der Waals surface area contributed by atoms with Gasteiger partial charge in [-0.3, -0.25) is 4.79 Å². The van der Waals surface area contributed by atoms with Crippen molar-refractivity contribution in [3.8, 4) is 5.75 Å². The second-order valence-corrected chi connectivity index (χ2v) is 6.54. The minimum absolute atomic E-state index is 0. The topological polar surface area (TPSA) is 41.6 Å². The van der Waals surface area contributed by atoms with Gasteiger partial charge in [0.15, 0.2) is 0 Å². The summed E-state index contributed by atoms with van der Waals surface area (Å²) in [5.41, 5.74) is 0.503. The molecule has 0 radical (unpaired) electrons. The van der Waals surface area contributed by atoms with Crippen LogP contribution in [0.5, 0.6) is 5.75 Å². The summed E-state index contributed by atoms with van der Waals surface area (Å²) >= 11 is 0. The Kier molecular flexibility index (Phi) is 6.72. The van der Waals surface area contributed by atoms with Gasteiger partial charge in [0, 0.05) is 13.1 Å². The van der Waals surface area contributed by atoms with Crippen molar-refractivity contribution < 1.29 is 9.53 Å². The SMILES string of the molecule is Cl.O=C(CCOc1ccccc1)N1CCC2(CCNCC2)CC1. The molecule has 1 aromatic rings. The lowest BCUT2D eigenvalue weighted by Crippen LogP contribution is -2.47. The van der Waals surface area contributed by atoms with Crippen molar-refractivity contribution in [2.45, 2.75) is 32.1 Å². The number of likely N-dealkylation sites (tertiary alicyclic amines) is 1. The maximum atomic E-state index is 12.3. The number of carbonyl (C=O) groups is 1. The fourth-order valence-corrected chi connectivity index (χ4v) is 3.62. The number of rotatable bonds is 4. The number of nitrogens with zero attached hydrogens (tertiary/aromatic N) is 1. The Morgan fingerprint density at radius 1 is 1.09 bits per heavy atom. The predicted molar refractivity (Wildman–Crippen MR) is 94.2 cm³/mol. The summed E-state index contributed by atoms with van der Waals surface area (Å²) in [7, 11) is 0. The Hall–Kier alpha value is -1.26. The number of para-hydroxylation sites is 1. The first-order valence-corrected chi connectivity index (χ1v) is 8.44. The normalized spacial score (nSPS) is 19.9. The van der Waals surface area contributed by atoms with Gasteiger partial charge < -0.3 is 15.0 Å². The second kappa shape index (κ2) is 8.55. The molecule has 0 unspecified atom stereocenters. The van der Waals surface area contributed by atoms with Crippen LogP contribution in [0.1, 0.15) is 32.1 Å². The Labute approximate surface area is 145 Å². The van der Waals surface area contributed by atoms with Crippen molar-refractivity contribution in [1.29, 1.82) is 0 Å². The standard InChI is InChI=1S/C18H26N2O2.ClH/c21-17(6-15-22-16-4-2-1-3-5-16)20-13-9-18(10-14-20)7-11-19-12-8-18;/h1-5,19H,6-15H2;1H. The molecule has 1 amide bonds. The highest BCUT2D eigenvalue weighted by molar-refractivity contribution is 5.85. The van der Waals surface area contributed by atoms with Gasteiger partial charge in [-0.1, -0.05) is 18.2 Å². The van der Waals surface area contributed by atoms with Crippen molar-refractivity contribution in [3.63, 3.8) is 0 Å². The van der Waals surface area contributed by atoms with E-state index < -0.39 is 0 Å². The molecule has 4 nitrogen and oxygen atoms in total. The van der Waals surface area contributed by atoms with Crippen LogP contribution in [0.3, 0.4) is 0 Å². The van der Waals surface area contributed by atoms with Gasteiger partial charge in [-0.25, -0.2) is 0 Å². The van der Waals surface area contributed by atoms with E-state index in [9.17, 15) is 4.79 Å². The first-order chi connectivity index (χ1) is 10.8. The van der Waals surface area contributed by atoms with Crippen molar-refractivity contribution in [2.24, 2.45) is 5.41 Å². The molecule has 1 aromatic carbocycles. The van der Waals surface area contributed by atoms with E-state index in [1.807, 2.05) is 35.2 Å². The Bertz CT molecular complexity index is 479. The van der Waals surface area contributed by atoms with Crippen molar-refractivity contribution in [1.82, 2.24) is 10.2 Å². The molecule has 2 fully saturated rings. The van der Waals surface area contributed by atoms with Gasteiger partial charge in [-0.2, -0.15) is 0 Å². The van der Waals surface area contributed by atoms with Crippen LogP contribution in [0.25, 0.3) is 0 Å². The maximum Gasteiger partial charge on any atom is 0.225 e. The van der Waals surface area contributed by atoms with Crippen LogP contribution >= 0.6 is 12.4 Å². The summed E-state index contributed by atoms with van der Waals surface area (Å²) in [4.78, 5) is 14.3. The third-order valence-corrected chi connectivity index (χ3v) is 5.17. The number of amides is 1. The number of hydrogen-bond donors (Lipinski definition) is 1. The van der Waals surface area contributed by atoms with E-state index in [2.05, 4.69) is 5.32 Å². The molecule has 5 heteroatoms. The van der Waals surface area contributed by atoms with Gasteiger partial charge >= 0.3 is 0 Å². The highest BCUT2D eigenvalue weighted by Crippen LogP contribution is 2.39. The maximum absolute atomic E-state index is 12.3. The van der Waals surface area contributed by atoms with Crippen LogP contribution in [0, 0.1) is 5.41 Å². The first kappa shape index (κ1) is 18.1. The highest BCUT2D eigenvalue weighted by Gasteiger charge is 2.36. The zero-order valence-corrected chi connectivity index (χ0v) is 14.4. The average Bonchev–Trinajstić information content (AvgIpc) is 2.57. The number of nitrogens with one attached hydrogen (secondary N) is 1. The summed E-state index contributed by atoms with van der Waals surface area (Å²) < 4.78 is 5.62. The van der Waals surface area contributed by atoms with E-state index >= 15 is 0 Å². The Balaban J connectivity index is 0.00000192. The van der Waals surface area contributed by atoms with Gasteiger partial charge in [0.2, 0.25) is 5.91 Å². The van der Waals surface area contributed by atoms with Crippen LogP contribution in [0.2, 0.25) is 0 Å². The van der Waals surface area contributed by atoms with Crippen LogP contribution < -0.4 is 10.1 Å². The zero-order chi connectivity index (χ0) is 15.3. The minimum Gasteiger partial charge on any atom is -0.493 e. The largest absolute Gasteiger partial charge is 0.493 e. The molecule has 0 atom stereocenters. The molecule has 2 saturated heterocycles. The fraction of sp³-hybridized carbons (Fsp3) is 0.611. The van der Waals surface area contributed by atoms with E-state index in [-0.39, 0.29) is 18.3 Å². The molecular formula is C18H27ClN2O2. The molecular weight excluding hydrogens is 312 g/mol. The molecule has 23 heavy (non-hydrogen) atoms. The number of benzene rings is 1. The summed E-state index contributed by atoms with van der Waals surface area (Å²) in [6.07, 6.45) is 5.35. The molecule has 0 saturated carbocycles. The van der Waals surface area contributed by atoms with Gasteiger partial charge in [0.1, 0.15) is 5.75 Å². The van der Waals surface area contributed by atoms with E-state index in [0.717, 1.165) is 31.9 Å². The van der Waals surface area contributed by atoms with E-state index in [1.54, 1.807) is 0 Å². The lowest BCUT2D eigenvalue weighted by molar-refractivity contribution is -0.134. The van der Waals surface area contributed by atoms with Crippen LogP contribution in [0.4, 0.5) is 0 Å². The van der Waals surface area contributed by atoms with Crippen LogP contribution in [0.15, 0.2) is 30.3 Å². The van der Waals surface area contributed by atoms with Crippen molar-refractivity contribution in [2.75, 3.05) is 32.8 Å². The summed E-state index contributed by atoms with van der Waals surface area (Å²) in [6.45, 7) is 4.58. The molecule has 128 valence electrons. The average molecular weight is 339 g/mol. The number of piperidine rings is 2. The third kappa shape index (κ3) is 4.85. The molecule has 0 bridgehead atoms. The summed E-state index contributed by atoms with van der Waals surface area (Å²) in [6, 6.07) is 9.70. The quantitative estimate of drug-likeness (QED) is 0.917. The fourth-order valence-electron chi connectivity index (χ4n) is 3.62. The molecule has 0 aliphatic carbocycles. The van der Waals surface area contributed by atoms with E-state index in [0.29, 0.717) is 18.4 Å². The molecule has 0 aromatic heterocycles. The lowest BCUT2D eigenvalue weighted by atomic mass is 9.71. The number of hydrogen-bond acceptors (Lipinski definition) is 3. The molecule has 1 N–H and O–H groups in total. The van der Waals surface area contributed by atoms with Gasteiger partial charge in [-0.15, -0.1) is 12.4 Å². The van der Waals surface area contributed by atoms with Gasteiger partial charge in [0.25, 0.3) is 0 Å².